The number of rotatable bonds is 2. The van der Waals surface area contributed by atoms with Crippen LogP contribution in [-0.4, -0.2) is 35.1 Å². The molecule has 0 N–H and O–H groups in total. The summed E-state index contributed by atoms with van der Waals surface area (Å²) in [5, 5.41) is 0. The van der Waals surface area contributed by atoms with Gasteiger partial charge >= 0.3 is 6.18 Å². The van der Waals surface area contributed by atoms with Crippen LogP contribution in [0, 0.1) is 5.92 Å². The third-order valence-electron chi connectivity index (χ3n) is 5.45. The van der Waals surface area contributed by atoms with Gasteiger partial charge in [-0.3, -0.25) is 4.79 Å². The molecular formula is C19H21F3N4O. The van der Waals surface area contributed by atoms with Crippen LogP contribution in [0.15, 0.2) is 30.5 Å². The minimum absolute atomic E-state index is 0.0146. The van der Waals surface area contributed by atoms with Crippen molar-refractivity contribution in [3.8, 4) is 0 Å². The molecule has 2 aliphatic rings. The Morgan fingerprint density at radius 1 is 1.19 bits per heavy atom. The fourth-order valence-corrected chi connectivity index (χ4v) is 4.10. The number of benzene rings is 1. The van der Waals surface area contributed by atoms with Crippen LogP contribution >= 0.6 is 0 Å². The number of likely N-dealkylation sites (N-methyl/N-ethyl adjacent to an activating group) is 1. The summed E-state index contributed by atoms with van der Waals surface area (Å²) in [7, 11) is 0. The lowest BCUT2D eigenvalue weighted by Crippen LogP contribution is -2.47. The van der Waals surface area contributed by atoms with Gasteiger partial charge in [0.05, 0.1) is 11.4 Å². The maximum atomic E-state index is 13.2. The van der Waals surface area contributed by atoms with Crippen LogP contribution in [0.1, 0.15) is 24.9 Å². The van der Waals surface area contributed by atoms with Gasteiger partial charge in [-0.2, -0.15) is 13.2 Å². The molecule has 144 valence electrons. The molecule has 0 aliphatic carbocycles. The number of imidazole rings is 1. The molecule has 1 amide bonds. The molecule has 0 saturated heterocycles. The SMILES string of the molecule is CCN1CCN(C(=O)[C@H]2CCn3c(cnc3C(F)(F)F)C2)c2ccccc21. The Kier molecular flexibility index (Phi) is 4.36. The van der Waals surface area contributed by atoms with Crippen molar-refractivity contribution in [2.45, 2.75) is 32.5 Å². The highest BCUT2D eigenvalue weighted by Gasteiger charge is 2.40. The number of aromatic nitrogens is 2. The zero-order chi connectivity index (χ0) is 19.2. The first kappa shape index (κ1) is 17.9. The first-order valence-electron chi connectivity index (χ1n) is 9.17. The Hall–Kier alpha value is -2.51. The summed E-state index contributed by atoms with van der Waals surface area (Å²) in [6.45, 7) is 4.45. The molecule has 8 heteroatoms. The van der Waals surface area contributed by atoms with Crippen molar-refractivity contribution in [2.24, 2.45) is 5.92 Å². The van der Waals surface area contributed by atoms with Crippen molar-refractivity contribution in [2.75, 3.05) is 29.4 Å². The number of para-hydroxylation sites is 2. The van der Waals surface area contributed by atoms with Gasteiger partial charge in [-0.25, -0.2) is 4.98 Å². The largest absolute Gasteiger partial charge is 0.449 e. The number of amides is 1. The van der Waals surface area contributed by atoms with Crippen molar-refractivity contribution in [1.82, 2.24) is 9.55 Å². The molecule has 27 heavy (non-hydrogen) atoms. The summed E-state index contributed by atoms with van der Waals surface area (Å²) in [6, 6.07) is 7.80. The second kappa shape index (κ2) is 6.58. The van der Waals surface area contributed by atoms with E-state index in [1.807, 2.05) is 24.3 Å². The maximum Gasteiger partial charge on any atom is 0.449 e. The Labute approximate surface area is 155 Å². The van der Waals surface area contributed by atoms with Crippen molar-refractivity contribution in [3.05, 3.63) is 42.0 Å². The second-order valence-electron chi connectivity index (χ2n) is 6.97. The molecule has 1 aromatic heterocycles. The lowest BCUT2D eigenvalue weighted by atomic mass is 9.94. The average molecular weight is 378 g/mol. The molecule has 1 aromatic carbocycles. The Bertz CT molecular complexity index is 861. The number of alkyl halides is 3. The van der Waals surface area contributed by atoms with Crippen LogP contribution in [-0.2, 0) is 23.9 Å². The van der Waals surface area contributed by atoms with Crippen LogP contribution in [0.25, 0.3) is 0 Å². The molecular weight excluding hydrogens is 357 g/mol. The lowest BCUT2D eigenvalue weighted by molar-refractivity contribution is -0.147. The number of hydrogen-bond acceptors (Lipinski definition) is 3. The van der Waals surface area contributed by atoms with Gasteiger partial charge in [-0.05, 0) is 25.5 Å². The van der Waals surface area contributed by atoms with Crippen LogP contribution in [0.4, 0.5) is 24.5 Å². The van der Waals surface area contributed by atoms with Gasteiger partial charge in [0.25, 0.3) is 0 Å². The number of anilines is 2. The predicted octanol–water partition coefficient (Wildman–Crippen LogP) is 3.34. The first-order valence-corrected chi connectivity index (χ1v) is 9.17. The van der Waals surface area contributed by atoms with Gasteiger partial charge < -0.3 is 14.4 Å². The van der Waals surface area contributed by atoms with Crippen molar-refractivity contribution < 1.29 is 18.0 Å². The number of halogens is 3. The van der Waals surface area contributed by atoms with E-state index in [9.17, 15) is 18.0 Å². The molecule has 0 radical (unpaired) electrons. The lowest BCUT2D eigenvalue weighted by Gasteiger charge is -2.39. The average Bonchev–Trinajstić information content (AvgIpc) is 3.10. The van der Waals surface area contributed by atoms with Gasteiger partial charge in [0.1, 0.15) is 0 Å². The van der Waals surface area contributed by atoms with Crippen molar-refractivity contribution in [1.29, 1.82) is 0 Å². The molecule has 0 fully saturated rings. The topological polar surface area (TPSA) is 41.4 Å². The summed E-state index contributed by atoms with van der Waals surface area (Å²) >= 11 is 0. The molecule has 1 atom stereocenters. The van der Waals surface area contributed by atoms with E-state index in [1.54, 1.807) is 4.90 Å². The first-order chi connectivity index (χ1) is 12.9. The summed E-state index contributed by atoms with van der Waals surface area (Å²) in [5.74, 6) is -1.21. The standard InChI is InChI=1S/C19H21F3N4O/c1-2-24-9-10-26(16-6-4-3-5-15(16)24)17(27)13-7-8-25-14(11-13)12-23-18(25)19(20,21)22/h3-6,12-13H,2,7-11H2,1H3/t13-/m0/s1. The van der Waals surface area contributed by atoms with Crippen LogP contribution in [0.2, 0.25) is 0 Å². The Morgan fingerprint density at radius 2 is 1.93 bits per heavy atom. The van der Waals surface area contributed by atoms with Crippen LogP contribution < -0.4 is 9.80 Å². The molecule has 4 rings (SSSR count). The molecule has 5 nitrogen and oxygen atoms in total. The predicted molar refractivity (Wildman–Crippen MR) is 95.7 cm³/mol. The van der Waals surface area contributed by atoms with Gasteiger partial charge in [-0.15, -0.1) is 0 Å². The number of carbonyl (C=O) groups excluding carboxylic acids is 1. The molecule has 2 aliphatic heterocycles. The molecule has 3 heterocycles. The van der Waals surface area contributed by atoms with Gasteiger partial charge in [-0.1, -0.05) is 12.1 Å². The van der Waals surface area contributed by atoms with E-state index < -0.39 is 12.0 Å². The molecule has 0 saturated carbocycles. The molecule has 0 bridgehead atoms. The quantitative estimate of drug-likeness (QED) is 0.805. The Balaban J connectivity index is 1.57. The molecule has 0 spiro atoms. The number of hydrogen-bond donors (Lipinski definition) is 0. The van der Waals surface area contributed by atoms with Crippen molar-refractivity contribution in [3.63, 3.8) is 0 Å². The van der Waals surface area contributed by atoms with Gasteiger partial charge in [0, 0.05) is 50.4 Å². The fraction of sp³-hybridized carbons (Fsp3) is 0.474. The third-order valence-corrected chi connectivity index (χ3v) is 5.45. The van der Waals surface area contributed by atoms with E-state index in [0.29, 0.717) is 18.7 Å². The van der Waals surface area contributed by atoms with Gasteiger partial charge in [0.2, 0.25) is 11.7 Å². The summed E-state index contributed by atoms with van der Waals surface area (Å²) < 4.78 is 40.3. The van der Waals surface area contributed by atoms with Crippen LogP contribution in [0.3, 0.4) is 0 Å². The minimum Gasteiger partial charge on any atom is -0.368 e. The zero-order valence-electron chi connectivity index (χ0n) is 15.0. The number of fused-ring (bicyclic) bond motifs is 2. The molecule has 2 aromatic rings. The molecule has 0 unspecified atom stereocenters. The van der Waals surface area contributed by atoms with E-state index in [1.165, 1.54) is 10.8 Å². The number of nitrogens with zero attached hydrogens (tertiary/aromatic N) is 4. The normalized spacial score (nSPS) is 19.6. The summed E-state index contributed by atoms with van der Waals surface area (Å²) in [6.07, 6.45) is -2.53. The van der Waals surface area contributed by atoms with E-state index in [0.717, 1.165) is 24.5 Å². The van der Waals surface area contributed by atoms with E-state index in [4.69, 9.17) is 0 Å². The summed E-state index contributed by atoms with van der Waals surface area (Å²) in [4.78, 5) is 20.7. The monoisotopic (exact) mass is 378 g/mol. The van der Waals surface area contributed by atoms with E-state index in [2.05, 4.69) is 16.8 Å². The third kappa shape index (κ3) is 3.07. The summed E-state index contributed by atoms with van der Waals surface area (Å²) in [5.41, 5.74) is 2.39. The highest BCUT2D eigenvalue weighted by atomic mass is 19.4. The minimum atomic E-state index is -4.47. The number of carbonyl (C=O) groups is 1. The zero-order valence-corrected chi connectivity index (χ0v) is 15.0. The van der Waals surface area contributed by atoms with Crippen molar-refractivity contribution >= 4 is 17.3 Å². The van der Waals surface area contributed by atoms with E-state index >= 15 is 0 Å². The smallest absolute Gasteiger partial charge is 0.368 e. The van der Waals surface area contributed by atoms with Gasteiger partial charge in [0.15, 0.2) is 0 Å². The Morgan fingerprint density at radius 3 is 2.63 bits per heavy atom. The van der Waals surface area contributed by atoms with E-state index in [-0.39, 0.29) is 24.8 Å². The maximum absolute atomic E-state index is 13.2. The highest BCUT2D eigenvalue weighted by molar-refractivity contribution is 5.99. The van der Waals surface area contributed by atoms with Crippen LogP contribution in [0.5, 0.6) is 0 Å². The second-order valence-corrected chi connectivity index (χ2v) is 6.97. The fourth-order valence-electron chi connectivity index (χ4n) is 4.10. The highest BCUT2D eigenvalue weighted by Crippen LogP contribution is 2.36.